The quantitative estimate of drug-likeness (QED) is 0.895. The summed E-state index contributed by atoms with van der Waals surface area (Å²) in [6, 6.07) is 4.65. The van der Waals surface area contributed by atoms with Crippen LogP contribution in [0.1, 0.15) is 52.0 Å². The molecule has 0 amide bonds. The monoisotopic (exact) mass is 266 g/mol. The topological polar surface area (TPSA) is 29.5 Å². The molecule has 0 saturated heterocycles. The Morgan fingerprint density at radius 3 is 2.42 bits per heavy atom. The molecule has 0 spiro atoms. The van der Waals surface area contributed by atoms with E-state index >= 15 is 0 Å². The van der Waals surface area contributed by atoms with Gasteiger partial charge in [-0.15, -0.1) is 0 Å². The largest absolute Gasteiger partial charge is 0.494 e. The van der Waals surface area contributed by atoms with E-state index in [1.165, 1.54) is 6.07 Å². The molecule has 1 aromatic carbocycles. The lowest BCUT2D eigenvalue weighted by atomic mass is 9.69. The summed E-state index contributed by atoms with van der Waals surface area (Å²) in [7, 11) is 0. The highest BCUT2D eigenvalue weighted by molar-refractivity contribution is 5.34. The molecule has 2 rings (SSSR count). The molecular weight excluding hydrogens is 243 g/mol. The van der Waals surface area contributed by atoms with Crippen LogP contribution in [-0.2, 0) is 5.60 Å². The summed E-state index contributed by atoms with van der Waals surface area (Å²) in [5.41, 5.74) is -0.429. The number of aliphatic hydroxyl groups is 1. The van der Waals surface area contributed by atoms with Gasteiger partial charge >= 0.3 is 0 Å². The van der Waals surface area contributed by atoms with Gasteiger partial charge in [-0.3, -0.25) is 0 Å². The van der Waals surface area contributed by atoms with Crippen molar-refractivity contribution < 1.29 is 14.2 Å². The van der Waals surface area contributed by atoms with Gasteiger partial charge in [0.1, 0.15) is 11.6 Å². The van der Waals surface area contributed by atoms with Crippen LogP contribution in [0.2, 0.25) is 0 Å². The predicted molar refractivity (Wildman–Crippen MR) is 73.7 cm³/mol. The van der Waals surface area contributed by atoms with Gasteiger partial charge in [-0.1, -0.05) is 13.8 Å². The van der Waals surface area contributed by atoms with Gasteiger partial charge < -0.3 is 9.84 Å². The lowest BCUT2D eigenvalue weighted by molar-refractivity contribution is -0.0332. The van der Waals surface area contributed by atoms with Crippen molar-refractivity contribution in [3.05, 3.63) is 29.6 Å². The molecule has 0 aliphatic heterocycles. The molecule has 1 fully saturated rings. The molecule has 1 saturated carbocycles. The predicted octanol–water partition coefficient (Wildman–Crippen LogP) is 4.01. The lowest BCUT2D eigenvalue weighted by Gasteiger charge is -2.40. The van der Waals surface area contributed by atoms with Crippen LogP contribution in [0.15, 0.2) is 18.2 Å². The van der Waals surface area contributed by atoms with Crippen molar-refractivity contribution >= 4 is 0 Å². The molecule has 0 heterocycles. The first-order chi connectivity index (χ1) is 8.86. The minimum absolute atomic E-state index is 0.236. The average Bonchev–Trinajstić information content (AvgIpc) is 2.36. The van der Waals surface area contributed by atoms with Crippen molar-refractivity contribution in [1.82, 2.24) is 0 Å². The Morgan fingerprint density at radius 1 is 1.21 bits per heavy atom. The fourth-order valence-electron chi connectivity index (χ4n) is 2.73. The Bertz CT molecular complexity index is 444. The van der Waals surface area contributed by atoms with Crippen molar-refractivity contribution in [3.8, 4) is 5.75 Å². The van der Waals surface area contributed by atoms with E-state index in [4.69, 9.17) is 4.74 Å². The zero-order valence-electron chi connectivity index (χ0n) is 12.0. The van der Waals surface area contributed by atoms with Crippen molar-refractivity contribution in [2.75, 3.05) is 6.61 Å². The number of rotatable bonds is 3. The van der Waals surface area contributed by atoms with E-state index in [0.717, 1.165) is 12.8 Å². The van der Waals surface area contributed by atoms with Crippen LogP contribution < -0.4 is 4.74 Å². The minimum Gasteiger partial charge on any atom is -0.494 e. The first-order valence-corrected chi connectivity index (χ1v) is 7.01. The van der Waals surface area contributed by atoms with Crippen LogP contribution in [0.25, 0.3) is 0 Å². The Morgan fingerprint density at radius 2 is 1.84 bits per heavy atom. The van der Waals surface area contributed by atoms with Gasteiger partial charge in [-0.2, -0.15) is 0 Å². The summed E-state index contributed by atoms with van der Waals surface area (Å²) in [6.45, 7) is 6.82. The number of halogens is 1. The highest BCUT2D eigenvalue weighted by atomic mass is 19.1. The summed E-state index contributed by atoms with van der Waals surface area (Å²) < 4.78 is 19.4. The van der Waals surface area contributed by atoms with E-state index in [9.17, 15) is 9.50 Å². The van der Waals surface area contributed by atoms with Gasteiger partial charge in [0.05, 0.1) is 12.2 Å². The number of hydrogen-bond acceptors (Lipinski definition) is 2. The molecule has 1 aromatic rings. The van der Waals surface area contributed by atoms with Gasteiger partial charge in [-0.25, -0.2) is 4.39 Å². The average molecular weight is 266 g/mol. The Balaban J connectivity index is 2.27. The molecule has 1 aliphatic rings. The summed E-state index contributed by atoms with van der Waals surface area (Å²) in [5.74, 6) is 0.280. The van der Waals surface area contributed by atoms with Crippen LogP contribution in [0.5, 0.6) is 5.75 Å². The highest BCUT2D eigenvalue weighted by Gasteiger charge is 2.39. The van der Waals surface area contributed by atoms with Crippen molar-refractivity contribution in [2.24, 2.45) is 5.41 Å². The van der Waals surface area contributed by atoms with Gasteiger partial charge in [-0.05, 0) is 56.2 Å². The maximum atomic E-state index is 14.0. The summed E-state index contributed by atoms with van der Waals surface area (Å²) in [4.78, 5) is 0. The van der Waals surface area contributed by atoms with Crippen LogP contribution >= 0.6 is 0 Å². The molecule has 0 radical (unpaired) electrons. The second kappa shape index (κ2) is 5.12. The zero-order chi connectivity index (χ0) is 14.1. The van der Waals surface area contributed by atoms with Crippen molar-refractivity contribution in [2.45, 2.75) is 52.1 Å². The van der Waals surface area contributed by atoms with Gasteiger partial charge in [0.2, 0.25) is 0 Å². The van der Waals surface area contributed by atoms with Crippen molar-refractivity contribution in [1.29, 1.82) is 0 Å². The maximum Gasteiger partial charge on any atom is 0.129 e. The third-order valence-corrected chi connectivity index (χ3v) is 4.18. The van der Waals surface area contributed by atoms with E-state index in [0.29, 0.717) is 30.8 Å². The molecule has 2 nitrogen and oxygen atoms in total. The Hall–Kier alpha value is -1.09. The maximum absolute atomic E-state index is 14.0. The van der Waals surface area contributed by atoms with Crippen LogP contribution in [0, 0.1) is 11.2 Å². The Labute approximate surface area is 114 Å². The SMILES string of the molecule is CCOc1ccc(F)c(C2(O)CCC(C)(C)CC2)c1. The number of ether oxygens (including phenoxy) is 1. The minimum atomic E-state index is -1.05. The second-order valence-electron chi connectivity index (χ2n) is 6.27. The Kier molecular flexibility index (Phi) is 3.86. The van der Waals surface area contributed by atoms with Crippen LogP contribution in [0.4, 0.5) is 4.39 Å². The van der Waals surface area contributed by atoms with Gasteiger partial charge in [0, 0.05) is 5.56 Å². The smallest absolute Gasteiger partial charge is 0.129 e. The van der Waals surface area contributed by atoms with E-state index in [1.54, 1.807) is 12.1 Å². The standard InChI is InChI=1S/C16H23FO2/c1-4-19-12-5-6-14(17)13(11-12)16(18)9-7-15(2,3)8-10-16/h5-6,11,18H,4,7-10H2,1-3H3. The van der Waals surface area contributed by atoms with Crippen LogP contribution in [-0.4, -0.2) is 11.7 Å². The molecule has 3 heteroatoms. The van der Waals surface area contributed by atoms with Gasteiger partial charge in [0.25, 0.3) is 0 Å². The van der Waals surface area contributed by atoms with E-state index in [2.05, 4.69) is 13.8 Å². The molecule has 0 unspecified atom stereocenters. The van der Waals surface area contributed by atoms with Crippen molar-refractivity contribution in [3.63, 3.8) is 0 Å². The second-order valence-corrected chi connectivity index (χ2v) is 6.27. The first kappa shape index (κ1) is 14.3. The van der Waals surface area contributed by atoms with E-state index < -0.39 is 5.60 Å². The molecule has 106 valence electrons. The zero-order valence-corrected chi connectivity index (χ0v) is 12.0. The molecule has 1 aliphatic carbocycles. The number of benzene rings is 1. The first-order valence-electron chi connectivity index (χ1n) is 7.01. The normalized spacial score (nSPS) is 21.1. The lowest BCUT2D eigenvalue weighted by Crippen LogP contribution is -2.35. The van der Waals surface area contributed by atoms with Crippen LogP contribution in [0.3, 0.4) is 0 Å². The molecule has 0 bridgehead atoms. The molecular formula is C16H23FO2. The number of hydrogen-bond donors (Lipinski definition) is 1. The third-order valence-electron chi connectivity index (χ3n) is 4.18. The third kappa shape index (κ3) is 3.08. The summed E-state index contributed by atoms with van der Waals surface area (Å²) >= 11 is 0. The molecule has 0 aromatic heterocycles. The fraction of sp³-hybridized carbons (Fsp3) is 0.625. The summed E-state index contributed by atoms with van der Waals surface area (Å²) in [6.07, 6.45) is 3.02. The highest BCUT2D eigenvalue weighted by Crippen LogP contribution is 2.46. The van der Waals surface area contributed by atoms with Gasteiger partial charge in [0.15, 0.2) is 0 Å². The molecule has 0 atom stereocenters. The molecule has 19 heavy (non-hydrogen) atoms. The van der Waals surface area contributed by atoms with E-state index in [1.807, 2.05) is 6.92 Å². The fourth-order valence-corrected chi connectivity index (χ4v) is 2.73. The van der Waals surface area contributed by atoms with E-state index in [-0.39, 0.29) is 11.2 Å². The summed E-state index contributed by atoms with van der Waals surface area (Å²) in [5, 5.41) is 10.8. The molecule has 1 N–H and O–H groups in total.